The lowest BCUT2D eigenvalue weighted by Gasteiger charge is -2.30. The molecule has 7 nitrogen and oxygen atoms in total. The molecule has 0 saturated carbocycles. The van der Waals surface area contributed by atoms with Gasteiger partial charge in [-0.1, -0.05) is 25.1 Å². The molecule has 2 N–H and O–H groups in total. The van der Waals surface area contributed by atoms with Crippen molar-refractivity contribution in [3.05, 3.63) is 48.3 Å². The number of hydrogen-bond donors (Lipinski definition) is 2. The van der Waals surface area contributed by atoms with Crippen LogP contribution in [0.3, 0.4) is 0 Å². The predicted octanol–water partition coefficient (Wildman–Crippen LogP) is 3.54. The molecule has 8 heteroatoms. The third-order valence-corrected chi connectivity index (χ3v) is 5.51. The number of rotatable bonds is 10. The van der Waals surface area contributed by atoms with E-state index >= 15 is 0 Å². The number of nitrogens with zero attached hydrogens (tertiary/aromatic N) is 4. The van der Waals surface area contributed by atoms with E-state index in [1.54, 1.807) is 7.11 Å². The van der Waals surface area contributed by atoms with Gasteiger partial charge >= 0.3 is 0 Å². The molecule has 1 saturated heterocycles. The summed E-state index contributed by atoms with van der Waals surface area (Å²) < 4.78 is 7.62. The van der Waals surface area contributed by atoms with Crippen LogP contribution in [0.25, 0.3) is 0 Å². The quantitative estimate of drug-likeness (QED) is 0.274. The monoisotopic (exact) mass is 540 g/mol. The fourth-order valence-corrected chi connectivity index (χ4v) is 4.00. The summed E-state index contributed by atoms with van der Waals surface area (Å²) in [5.74, 6) is 2.22. The normalized spacial score (nSPS) is 16.4. The Bertz CT molecular complexity index is 776. The highest BCUT2D eigenvalue weighted by Crippen LogP contribution is 2.31. The summed E-state index contributed by atoms with van der Waals surface area (Å²) in [7, 11) is 1.75. The van der Waals surface area contributed by atoms with E-state index < -0.39 is 0 Å². The third-order valence-electron chi connectivity index (χ3n) is 5.51. The van der Waals surface area contributed by atoms with Crippen LogP contribution in [0.2, 0.25) is 0 Å². The number of methoxy groups -OCH3 is 1. The van der Waals surface area contributed by atoms with Gasteiger partial charge in [0.2, 0.25) is 0 Å². The maximum Gasteiger partial charge on any atom is 0.191 e. The van der Waals surface area contributed by atoms with Crippen LogP contribution >= 0.6 is 24.0 Å². The van der Waals surface area contributed by atoms with Crippen molar-refractivity contribution in [3.8, 4) is 5.75 Å². The van der Waals surface area contributed by atoms with E-state index in [9.17, 15) is 0 Å². The summed E-state index contributed by atoms with van der Waals surface area (Å²) in [6, 6.07) is 10.6. The van der Waals surface area contributed by atoms with Crippen molar-refractivity contribution in [2.45, 2.75) is 39.3 Å². The molecule has 2 heterocycles. The number of ether oxygens (including phenoxy) is 1. The first-order valence-electron chi connectivity index (χ1n) is 11.1. The molecule has 1 aliphatic rings. The second kappa shape index (κ2) is 13.6. The number of likely N-dealkylation sites (tertiary alicyclic amines) is 1. The van der Waals surface area contributed by atoms with Crippen molar-refractivity contribution < 1.29 is 4.74 Å². The topological polar surface area (TPSA) is 66.7 Å². The molecule has 0 aliphatic carbocycles. The van der Waals surface area contributed by atoms with Crippen molar-refractivity contribution in [3.63, 3.8) is 0 Å². The van der Waals surface area contributed by atoms with E-state index in [-0.39, 0.29) is 30.0 Å². The molecule has 0 bridgehead atoms. The van der Waals surface area contributed by atoms with Crippen LogP contribution in [0.1, 0.15) is 38.3 Å². The fourth-order valence-electron chi connectivity index (χ4n) is 4.00. The zero-order valence-corrected chi connectivity index (χ0v) is 21.3. The molecule has 1 aromatic heterocycles. The van der Waals surface area contributed by atoms with Crippen LogP contribution in [0.4, 0.5) is 0 Å². The Kier molecular flexibility index (Phi) is 11.1. The number of halogens is 1. The predicted molar refractivity (Wildman–Crippen MR) is 137 cm³/mol. The highest BCUT2D eigenvalue weighted by atomic mass is 127. The number of para-hydroxylation sites is 1. The van der Waals surface area contributed by atoms with Crippen molar-refractivity contribution in [1.82, 2.24) is 25.3 Å². The number of nitrogens with one attached hydrogen (secondary N) is 2. The van der Waals surface area contributed by atoms with Gasteiger partial charge in [0.05, 0.1) is 13.2 Å². The molecule has 2 atom stereocenters. The summed E-state index contributed by atoms with van der Waals surface area (Å²) in [6.45, 7) is 9.80. The molecule has 2 unspecified atom stereocenters. The molecule has 0 radical (unpaired) electrons. The molecule has 31 heavy (non-hydrogen) atoms. The lowest BCUT2D eigenvalue weighted by atomic mass is 10.0. The van der Waals surface area contributed by atoms with Gasteiger partial charge in [0.15, 0.2) is 5.96 Å². The number of aliphatic imine (C=N–C) groups is 1. The summed E-state index contributed by atoms with van der Waals surface area (Å²) in [4.78, 5) is 7.38. The summed E-state index contributed by atoms with van der Waals surface area (Å²) in [6.07, 6.45) is 6.32. The average molecular weight is 540 g/mol. The molecule has 1 aliphatic heterocycles. The van der Waals surface area contributed by atoms with E-state index in [4.69, 9.17) is 9.73 Å². The minimum absolute atomic E-state index is 0. The molecular formula is C23H37IN6O. The molecule has 0 spiro atoms. The van der Waals surface area contributed by atoms with Gasteiger partial charge in [-0.15, -0.1) is 24.0 Å². The number of aromatic nitrogens is 2. The largest absolute Gasteiger partial charge is 0.496 e. The average Bonchev–Trinajstić information content (AvgIpc) is 3.47. The third kappa shape index (κ3) is 7.68. The van der Waals surface area contributed by atoms with Crippen LogP contribution in [0.5, 0.6) is 5.75 Å². The van der Waals surface area contributed by atoms with Gasteiger partial charge < -0.3 is 15.4 Å². The zero-order chi connectivity index (χ0) is 21.2. The van der Waals surface area contributed by atoms with Crippen LogP contribution < -0.4 is 15.4 Å². The zero-order valence-electron chi connectivity index (χ0n) is 19.0. The van der Waals surface area contributed by atoms with Crippen molar-refractivity contribution in [1.29, 1.82) is 0 Å². The van der Waals surface area contributed by atoms with E-state index in [1.807, 2.05) is 29.2 Å². The minimum atomic E-state index is 0. The summed E-state index contributed by atoms with van der Waals surface area (Å²) >= 11 is 0. The summed E-state index contributed by atoms with van der Waals surface area (Å²) in [5.41, 5.74) is 1.23. The second-order valence-corrected chi connectivity index (χ2v) is 7.93. The highest BCUT2D eigenvalue weighted by Gasteiger charge is 2.26. The van der Waals surface area contributed by atoms with Crippen LogP contribution in [-0.4, -0.2) is 60.5 Å². The van der Waals surface area contributed by atoms with Crippen LogP contribution in [0, 0.1) is 5.92 Å². The molecule has 1 fully saturated rings. The molecule has 1 aromatic carbocycles. The minimum Gasteiger partial charge on any atom is -0.496 e. The smallest absolute Gasteiger partial charge is 0.191 e. The molecule has 0 amide bonds. The van der Waals surface area contributed by atoms with E-state index in [0.717, 1.165) is 51.0 Å². The molecule has 3 rings (SSSR count). The van der Waals surface area contributed by atoms with E-state index in [0.29, 0.717) is 5.92 Å². The summed E-state index contributed by atoms with van der Waals surface area (Å²) in [5, 5.41) is 11.3. The maximum atomic E-state index is 5.66. The van der Waals surface area contributed by atoms with E-state index in [1.165, 1.54) is 18.4 Å². The first kappa shape index (κ1) is 25.5. The molecule has 172 valence electrons. The maximum absolute atomic E-state index is 5.66. The van der Waals surface area contributed by atoms with Crippen molar-refractivity contribution in [2.24, 2.45) is 10.9 Å². The Morgan fingerprint density at radius 2 is 1.97 bits per heavy atom. The lowest BCUT2D eigenvalue weighted by molar-refractivity contribution is 0.239. The van der Waals surface area contributed by atoms with Crippen LogP contribution in [-0.2, 0) is 6.54 Å². The number of guanidine groups is 1. The fraction of sp³-hybridized carbons (Fsp3) is 0.565. The number of hydrogen-bond acceptors (Lipinski definition) is 4. The standard InChI is InChI=1S/C23H36N6O.HI/c1-4-24-23(25-16-19(2)18-29-15-9-12-27-29)26-17-21(28-13-7-8-14-28)20-10-5-6-11-22(20)30-3;/h5-6,9-12,15,19,21H,4,7-8,13-14,16-18H2,1-3H3,(H2,24,25,26);1H. The van der Waals surface area contributed by atoms with Gasteiger partial charge in [-0.25, -0.2) is 0 Å². The SMILES string of the molecule is CCNC(=NCC(C)Cn1cccn1)NCC(c1ccccc1OC)N1CCCC1.I. The highest BCUT2D eigenvalue weighted by molar-refractivity contribution is 14.0. The van der Waals surface area contributed by atoms with Gasteiger partial charge in [-0.3, -0.25) is 14.6 Å². The Hall–Kier alpha value is -1.81. The Morgan fingerprint density at radius 3 is 2.65 bits per heavy atom. The lowest BCUT2D eigenvalue weighted by Crippen LogP contribution is -2.43. The first-order chi connectivity index (χ1) is 14.7. The number of benzene rings is 1. The van der Waals surface area contributed by atoms with Crippen LogP contribution in [0.15, 0.2) is 47.7 Å². The Labute approximate surface area is 203 Å². The van der Waals surface area contributed by atoms with Gasteiger partial charge in [-0.05, 0) is 50.9 Å². The van der Waals surface area contributed by atoms with Gasteiger partial charge in [0.1, 0.15) is 5.75 Å². The van der Waals surface area contributed by atoms with E-state index in [2.05, 4.69) is 52.7 Å². The second-order valence-electron chi connectivity index (χ2n) is 7.93. The van der Waals surface area contributed by atoms with Gasteiger partial charge in [0.25, 0.3) is 0 Å². The Morgan fingerprint density at radius 1 is 1.19 bits per heavy atom. The van der Waals surface area contributed by atoms with Crippen molar-refractivity contribution >= 4 is 29.9 Å². The molecular weight excluding hydrogens is 503 g/mol. The Balaban J connectivity index is 0.00000341. The van der Waals surface area contributed by atoms with Gasteiger partial charge in [0, 0.05) is 44.1 Å². The van der Waals surface area contributed by atoms with Crippen molar-refractivity contribution in [2.75, 3.05) is 39.8 Å². The first-order valence-corrected chi connectivity index (χ1v) is 11.1. The molecule has 2 aromatic rings. The van der Waals surface area contributed by atoms with Gasteiger partial charge in [-0.2, -0.15) is 5.10 Å².